The molecule has 3 aromatic carbocycles. The molecule has 0 heterocycles. The normalized spacial score (nSPS) is 10.7. The van der Waals surface area contributed by atoms with Crippen molar-refractivity contribution in [3.63, 3.8) is 0 Å². The quantitative estimate of drug-likeness (QED) is 0.446. The van der Waals surface area contributed by atoms with Crippen LogP contribution in [0.5, 0.6) is 5.75 Å². The van der Waals surface area contributed by atoms with Crippen LogP contribution in [0.3, 0.4) is 0 Å². The van der Waals surface area contributed by atoms with Crippen LogP contribution >= 0.6 is 0 Å². The summed E-state index contributed by atoms with van der Waals surface area (Å²) in [6.07, 6.45) is 6.80. The third-order valence-corrected chi connectivity index (χ3v) is 5.22. The molecule has 0 aliphatic rings. The van der Waals surface area contributed by atoms with Crippen molar-refractivity contribution < 1.29 is 4.74 Å². The Bertz CT molecular complexity index is 819. The van der Waals surface area contributed by atoms with Crippen molar-refractivity contribution in [1.82, 2.24) is 0 Å². The lowest BCUT2D eigenvalue weighted by molar-refractivity contribution is 0.414. The summed E-state index contributed by atoms with van der Waals surface area (Å²) in [5, 5.41) is 0. The van der Waals surface area contributed by atoms with Gasteiger partial charge >= 0.3 is 0 Å². The monoisotopic (exact) mass is 357 g/mol. The van der Waals surface area contributed by atoms with Crippen LogP contribution in [0.1, 0.15) is 40.7 Å². The van der Waals surface area contributed by atoms with Gasteiger partial charge in [0, 0.05) is 0 Å². The first-order valence-electron chi connectivity index (χ1n) is 9.92. The molecule has 139 valence electrons. The Morgan fingerprint density at radius 3 is 2.11 bits per heavy atom. The van der Waals surface area contributed by atoms with Crippen molar-refractivity contribution in [2.75, 3.05) is 7.11 Å². The van der Waals surface area contributed by atoms with E-state index in [4.69, 9.17) is 4.74 Å². The zero-order chi connectivity index (χ0) is 18.9. The zero-order valence-electron chi connectivity index (χ0n) is 16.5. The Morgan fingerprint density at radius 2 is 1.41 bits per heavy atom. The van der Waals surface area contributed by atoms with Gasteiger partial charge < -0.3 is 4.74 Å². The first-order valence-corrected chi connectivity index (χ1v) is 9.92. The van der Waals surface area contributed by atoms with Gasteiger partial charge in [-0.1, -0.05) is 54.6 Å². The molecular weight excluding hydrogens is 328 g/mol. The van der Waals surface area contributed by atoms with Crippen LogP contribution < -0.4 is 4.74 Å². The Morgan fingerprint density at radius 1 is 0.741 bits per heavy atom. The van der Waals surface area contributed by atoms with Gasteiger partial charge in [0.25, 0.3) is 0 Å². The van der Waals surface area contributed by atoms with Gasteiger partial charge in [-0.15, -0.1) is 0 Å². The molecule has 3 aromatic rings. The molecule has 0 aliphatic heterocycles. The van der Waals surface area contributed by atoms with E-state index in [1.54, 1.807) is 7.11 Å². The summed E-state index contributed by atoms with van der Waals surface area (Å²) >= 11 is 0. The molecule has 3 rings (SSSR count). The number of methoxy groups -OCH3 is 1. The topological polar surface area (TPSA) is 9.23 Å². The molecule has 1 heteroatoms. The molecule has 0 fully saturated rings. The van der Waals surface area contributed by atoms with E-state index in [2.05, 4.69) is 67.6 Å². The molecule has 0 atom stereocenters. The minimum Gasteiger partial charge on any atom is -0.497 e. The molecule has 0 spiro atoms. The lowest BCUT2D eigenvalue weighted by atomic mass is 9.92. The maximum atomic E-state index is 5.24. The van der Waals surface area contributed by atoms with Gasteiger partial charge in [0.15, 0.2) is 0 Å². The lowest BCUT2D eigenvalue weighted by Crippen LogP contribution is -2.01. The Kier molecular flexibility index (Phi) is 7.10. The van der Waals surface area contributed by atoms with E-state index in [-0.39, 0.29) is 0 Å². The van der Waals surface area contributed by atoms with Gasteiger partial charge in [-0.25, -0.2) is 0 Å². The van der Waals surface area contributed by atoms with E-state index < -0.39 is 0 Å². The molecule has 27 heavy (non-hydrogen) atoms. The summed E-state index contributed by atoms with van der Waals surface area (Å²) < 4.78 is 5.24. The van der Waals surface area contributed by atoms with Crippen LogP contribution in [0.2, 0.25) is 0 Å². The number of rotatable bonds is 9. The van der Waals surface area contributed by atoms with Crippen molar-refractivity contribution >= 4 is 0 Å². The summed E-state index contributed by atoms with van der Waals surface area (Å²) in [5.74, 6) is 0.924. The van der Waals surface area contributed by atoms with Crippen molar-refractivity contribution in [2.24, 2.45) is 0 Å². The maximum Gasteiger partial charge on any atom is 0.118 e. The first kappa shape index (κ1) is 19.2. The third kappa shape index (κ3) is 5.72. The Labute approximate surface area is 164 Å². The second-order valence-corrected chi connectivity index (χ2v) is 7.16. The minimum atomic E-state index is 0.924. The fraction of sp³-hybridized carbons (Fsp3) is 0.308. The molecule has 0 bridgehead atoms. The van der Waals surface area contributed by atoms with E-state index in [9.17, 15) is 0 Å². The minimum absolute atomic E-state index is 0.924. The molecule has 0 N–H and O–H groups in total. The van der Waals surface area contributed by atoms with Gasteiger partial charge in [-0.05, 0) is 91.5 Å². The van der Waals surface area contributed by atoms with Crippen LogP contribution in [0, 0.1) is 13.0 Å². The first-order chi connectivity index (χ1) is 13.3. The van der Waals surface area contributed by atoms with Crippen LogP contribution in [0.4, 0.5) is 0 Å². The second-order valence-electron chi connectivity index (χ2n) is 7.16. The highest BCUT2D eigenvalue weighted by molar-refractivity contribution is 5.34. The molecule has 0 saturated carbocycles. The number of ether oxygens (including phenoxy) is 1. The van der Waals surface area contributed by atoms with E-state index >= 15 is 0 Å². The molecule has 0 aliphatic carbocycles. The molecule has 0 saturated heterocycles. The molecule has 0 aromatic heterocycles. The van der Waals surface area contributed by atoms with Gasteiger partial charge in [-0.3, -0.25) is 0 Å². The van der Waals surface area contributed by atoms with Crippen LogP contribution in [0.25, 0.3) is 0 Å². The van der Waals surface area contributed by atoms with Crippen molar-refractivity contribution in [1.29, 1.82) is 0 Å². The van der Waals surface area contributed by atoms with Crippen LogP contribution in [0.15, 0.2) is 66.7 Å². The number of aryl methyl sites for hydroxylation is 4. The largest absolute Gasteiger partial charge is 0.497 e. The highest BCUT2D eigenvalue weighted by Gasteiger charge is 2.07. The van der Waals surface area contributed by atoms with Gasteiger partial charge in [0.1, 0.15) is 5.75 Å². The standard InChI is InChI=1S/C26H29O/c1-21-9-6-14-24(15-7-12-22-10-4-3-5-11-22)26(21)16-8-13-23-17-19-25(27-2)20-18-23/h3-6,9-11,17-20H,7-8,12-13,15-16H2,1-2H3. The van der Waals surface area contributed by atoms with Gasteiger partial charge in [0.05, 0.1) is 7.11 Å². The number of benzene rings is 3. The lowest BCUT2D eigenvalue weighted by Gasteiger charge is -2.13. The van der Waals surface area contributed by atoms with Crippen molar-refractivity contribution in [3.8, 4) is 5.75 Å². The second kappa shape index (κ2) is 9.97. The predicted octanol–water partition coefficient (Wildman–Crippen LogP) is 6.15. The average Bonchev–Trinajstić information content (AvgIpc) is 2.71. The fourth-order valence-corrected chi connectivity index (χ4v) is 3.64. The molecule has 1 nitrogen and oxygen atoms in total. The fourth-order valence-electron chi connectivity index (χ4n) is 3.64. The third-order valence-electron chi connectivity index (χ3n) is 5.22. The highest BCUT2D eigenvalue weighted by Crippen LogP contribution is 2.20. The molecule has 0 amide bonds. The number of hydrogen-bond donors (Lipinski definition) is 0. The smallest absolute Gasteiger partial charge is 0.118 e. The van der Waals surface area contributed by atoms with E-state index in [1.165, 1.54) is 34.2 Å². The van der Waals surface area contributed by atoms with Gasteiger partial charge in [-0.2, -0.15) is 0 Å². The maximum absolute atomic E-state index is 5.24. The number of hydrogen-bond acceptors (Lipinski definition) is 1. The average molecular weight is 358 g/mol. The summed E-state index contributed by atoms with van der Waals surface area (Å²) in [6.45, 7) is 2.23. The molecule has 1 radical (unpaired) electrons. The van der Waals surface area contributed by atoms with Crippen molar-refractivity contribution in [3.05, 3.63) is 101 Å². The van der Waals surface area contributed by atoms with E-state index in [0.717, 1.165) is 37.9 Å². The van der Waals surface area contributed by atoms with E-state index in [1.807, 2.05) is 12.1 Å². The zero-order valence-corrected chi connectivity index (χ0v) is 16.5. The van der Waals surface area contributed by atoms with Crippen molar-refractivity contribution in [2.45, 2.75) is 45.4 Å². The summed E-state index contributed by atoms with van der Waals surface area (Å²) in [4.78, 5) is 0. The molecule has 0 unspecified atom stereocenters. The van der Waals surface area contributed by atoms with Crippen LogP contribution in [-0.2, 0) is 25.7 Å². The van der Waals surface area contributed by atoms with E-state index in [0.29, 0.717) is 0 Å². The SMILES string of the molecule is COc1ccc(CCCc2c(CCCc3ccccc3)[c]ccc2C)cc1. The Balaban J connectivity index is 1.55. The van der Waals surface area contributed by atoms with Crippen LogP contribution in [-0.4, -0.2) is 7.11 Å². The summed E-state index contributed by atoms with van der Waals surface area (Å²) in [6, 6.07) is 27.0. The molecular formula is C26H29O. The summed E-state index contributed by atoms with van der Waals surface area (Å²) in [5.41, 5.74) is 7.10. The highest BCUT2D eigenvalue weighted by atomic mass is 16.5. The van der Waals surface area contributed by atoms with Gasteiger partial charge in [0.2, 0.25) is 0 Å². The summed E-state index contributed by atoms with van der Waals surface area (Å²) in [7, 11) is 1.71. The predicted molar refractivity (Wildman–Crippen MR) is 114 cm³/mol. The Hall–Kier alpha value is -2.54.